The van der Waals surface area contributed by atoms with Gasteiger partial charge in [0.2, 0.25) is 0 Å². The van der Waals surface area contributed by atoms with Crippen molar-refractivity contribution in [1.82, 2.24) is 0 Å². The smallest absolute Gasteiger partial charge is 0.302 e. The van der Waals surface area contributed by atoms with Crippen molar-refractivity contribution >= 4 is 15.6 Å². The molecule has 29 heavy (non-hydrogen) atoms. The van der Waals surface area contributed by atoms with Crippen LogP contribution in [0.3, 0.4) is 0 Å². The third-order valence-electron chi connectivity index (χ3n) is 4.75. The van der Waals surface area contributed by atoms with Gasteiger partial charge in [0.05, 0.1) is 13.2 Å². The summed E-state index contributed by atoms with van der Waals surface area (Å²) in [7, 11) is -9.12. The molecule has 7 nitrogen and oxygen atoms in total. The highest BCUT2D eigenvalue weighted by Crippen LogP contribution is 2.60. The quantitative estimate of drug-likeness (QED) is 0.128. The first-order valence-electron chi connectivity index (χ1n) is 11.5. The maximum Gasteiger partial charge on any atom is 0.481 e. The summed E-state index contributed by atoms with van der Waals surface area (Å²) in [4.78, 5) is 18.6. The minimum absolute atomic E-state index is 0.0122. The fourth-order valence-electron chi connectivity index (χ4n) is 3.17. The fourth-order valence-corrected chi connectivity index (χ4v) is 5.28. The van der Waals surface area contributed by atoms with Gasteiger partial charge >= 0.3 is 15.6 Å². The van der Waals surface area contributed by atoms with Crippen molar-refractivity contribution < 1.29 is 32.3 Å². The van der Waals surface area contributed by atoms with Gasteiger partial charge in [0.25, 0.3) is 0 Å². The van der Waals surface area contributed by atoms with Gasteiger partial charge in [0.1, 0.15) is 0 Å². The van der Waals surface area contributed by atoms with E-state index in [4.69, 9.17) is 4.52 Å². The summed E-state index contributed by atoms with van der Waals surface area (Å²) in [6.07, 6.45) is 19.9. The summed E-state index contributed by atoms with van der Waals surface area (Å²) >= 11 is 0. The Morgan fingerprint density at radius 3 is 1.28 bits per heavy atom. The zero-order chi connectivity index (χ0) is 21.8. The van der Waals surface area contributed by atoms with Crippen LogP contribution in [0.5, 0.6) is 0 Å². The maximum absolute atomic E-state index is 11.6. The first kappa shape index (κ1) is 29.3. The van der Waals surface area contributed by atoms with Crippen LogP contribution < -0.4 is 0 Å². The van der Waals surface area contributed by atoms with Gasteiger partial charge < -0.3 is 9.79 Å². The molecule has 0 amide bonds. The van der Waals surface area contributed by atoms with Crippen LogP contribution in [-0.2, 0) is 22.5 Å². The van der Waals surface area contributed by atoms with E-state index < -0.39 is 15.6 Å². The molecule has 2 unspecified atom stereocenters. The van der Waals surface area contributed by atoms with Crippen molar-refractivity contribution in [2.45, 2.75) is 117 Å². The summed E-state index contributed by atoms with van der Waals surface area (Å²) in [6, 6.07) is 0. The largest absolute Gasteiger partial charge is 0.481 e. The van der Waals surface area contributed by atoms with E-state index in [0.717, 1.165) is 19.3 Å². The predicted octanol–water partition coefficient (Wildman–Crippen LogP) is 7.52. The first-order chi connectivity index (χ1) is 13.8. The van der Waals surface area contributed by atoms with Gasteiger partial charge in [-0.25, -0.2) is 9.13 Å². The zero-order valence-electron chi connectivity index (χ0n) is 18.6. The van der Waals surface area contributed by atoms with Gasteiger partial charge in [-0.15, -0.1) is 0 Å². The molecule has 0 aliphatic carbocycles. The van der Waals surface area contributed by atoms with E-state index >= 15 is 0 Å². The molecule has 176 valence electrons. The molecule has 0 aromatic rings. The third-order valence-corrected chi connectivity index (χ3v) is 7.50. The van der Waals surface area contributed by atoms with Crippen molar-refractivity contribution in [1.29, 1.82) is 0 Å². The number of phosphoric ester groups is 2. The van der Waals surface area contributed by atoms with Gasteiger partial charge in [-0.2, -0.15) is 4.31 Å². The average Bonchev–Trinajstić information content (AvgIpc) is 2.63. The second-order valence-corrected chi connectivity index (χ2v) is 10.6. The Balaban J connectivity index is 3.37. The molecule has 0 rings (SSSR count). The van der Waals surface area contributed by atoms with Crippen LogP contribution in [-0.4, -0.2) is 23.0 Å². The summed E-state index contributed by atoms with van der Waals surface area (Å²) in [5.74, 6) is 0. The summed E-state index contributed by atoms with van der Waals surface area (Å²) in [5, 5.41) is 0. The molecule has 0 spiro atoms. The van der Waals surface area contributed by atoms with Gasteiger partial charge in [-0.3, -0.25) is 9.05 Å². The van der Waals surface area contributed by atoms with Crippen LogP contribution in [0.1, 0.15) is 117 Å². The van der Waals surface area contributed by atoms with Crippen LogP contribution in [0.2, 0.25) is 0 Å². The lowest BCUT2D eigenvalue weighted by molar-refractivity contribution is 0.156. The molecule has 0 saturated carbocycles. The molecule has 0 aliphatic heterocycles. The van der Waals surface area contributed by atoms with E-state index in [9.17, 15) is 18.9 Å². The van der Waals surface area contributed by atoms with Crippen molar-refractivity contribution in [2.24, 2.45) is 0 Å². The lowest BCUT2D eigenvalue weighted by Gasteiger charge is -2.15. The number of unbranched alkanes of at least 4 members (excludes halogenated alkanes) is 15. The molecule has 0 radical (unpaired) electrons. The van der Waals surface area contributed by atoms with E-state index in [0.29, 0.717) is 6.42 Å². The Hall–Kier alpha value is 0.260. The standard InChI is InChI=1S/C20H44O7P2/c1-3-5-6-7-8-9-10-11-12-13-14-15-16-17-18-19-20-26-29(23,24)27-28(21,22)25-4-2/h3-20H2,1-2H3,(H,21,22)(H,23,24). The highest BCUT2D eigenvalue weighted by molar-refractivity contribution is 7.61. The van der Waals surface area contributed by atoms with E-state index in [-0.39, 0.29) is 13.2 Å². The highest BCUT2D eigenvalue weighted by Gasteiger charge is 2.34. The van der Waals surface area contributed by atoms with E-state index in [2.05, 4.69) is 15.8 Å². The minimum atomic E-state index is -4.57. The van der Waals surface area contributed by atoms with Crippen molar-refractivity contribution in [3.63, 3.8) is 0 Å². The molecule has 0 fully saturated rings. The summed E-state index contributed by atoms with van der Waals surface area (Å²) in [5.41, 5.74) is 0. The minimum Gasteiger partial charge on any atom is -0.302 e. The molecule has 0 aliphatic rings. The zero-order valence-corrected chi connectivity index (χ0v) is 20.3. The van der Waals surface area contributed by atoms with Gasteiger partial charge in [-0.05, 0) is 13.3 Å². The molecular weight excluding hydrogens is 414 g/mol. The lowest BCUT2D eigenvalue weighted by atomic mass is 10.0. The number of rotatable bonds is 22. The van der Waals surface area contributed by atoms with Crippen molar-refractivity contribution in [3.8, 4) is 0 Å². The molecular formula is C20H44O7P2. The molecule has 0 bridgehead atoms. The van der Waals surface area contributed by atoms with Crippen molar-refractivity contribution in [3.05, 3.63) is 0 Å². The Labute approximate surface area is 178 Å². The topological polar surface area (TPSA) is 102 Å². The summed E-state index contributed by atoms with van der Waals surface area (Å²) < 4.78 is 36.1. The third kappa shape index (κ3) is 21.3. The van der Waals surface area contributed by atoms with E-state index in [1.165, 1.54) is 84.0 Å². The Morgan fingerprint density at radius 1 is 0.552 bits per heavy atom. The van der Waals surface area contributed by atoms with Gasteiger partial charge in [0, 0.05) is 0 Å². The first-order valence-corrected chi connectivity index (χ1v) is 14.5. The second kappa shape index (κ2) is 19.0. The van der Waals surface area contributed by atoms with E-state index in [1.807, 2.05) is 0 Å². The van der Waals surface area contributed by atoms with Gasteiger partial charge in [0.15, 0.2) is 0 Å². The monoisotopic (exact) mass is 458 g/mol. The molecule has 0 aromatic carbocycles. The Kier molecular flexibility index (Phi) is 19.2. The predicted molar refractivity (Wildman–Crippen MR) is 118 cm³/mol. The van der Waals surface area contributed by atoms with Crippen LogP contribution >= 0.6 is 15.6 Å². The van der Waals surface area contributed by atoms with Crippen molar-refractivity contribution in [2.75, 3.05) is 13.2 Å². The maximum atomic E-state index is 11.6. The molecule has 9 heteroatoms. The van der Waals surface area contributed by atoms with E-state index in [1.54, 1.807) is 0 Å². The number of phosphoric acid groups is 2. The highest BCUT2D eigenvalue weighted by atomic mass is 31.3. The molecule has 0 heterocycles. The molecule has 2 N–H and O–H groups in total. The van der Waals surface area contributed by atoms with Crippen LogP contribution in [0.4, 0.5) is 0 Å². The molecule has 2 atom stereocenters. The summed E-state index contributed by atoms with van der Waals surface area (Å²) in [6.45, 7) is 3.64. The fraction of sp³-hybridized carbons (Fsp3) is 1.00. The van der Waals surface area contributed by atoms with Gasteiger partial charge in [-0.1, -0.05) is 103 Å². The molecule has 0 saturated heterocycles. The second-order valence-electron chi connectivity index (χ2n) is 7.57. The lowest BCUT2D eigenvalue weighted by Crippen LogP contribution is -1.98. The SMILES string of the molecule is CCCCCCCCCCCCCCCCCCOP(=O)(O)OP(=O)(O)OCC. The number of hydrogen-bond donors (Lipinski definition) is 2. The average molecular weight is 459 g/mol. The normalized spacial score (nSPS) is 15.9. The molecule has 0 aromatic heterocycles. The Morgan fingerprint density at radius 2 is 0.897 bits per heavy atom. The Bertz CT molecular complexity index is 460. The number of hydrogen-bond acceptors (Lipinski definition) is 5. The van der Waals surface area contributed by atoms with Crippen LogP contribution in [0, 0.1) is 0 Å². The van der Waals surface area contributed by atoms with Crippen LogP contribution in [0.15, 0.2) is 0 Å². The van der Waals surface area contributed by atoms with Crippen LogP contribution in [0.25, 0.3) is 0 Å².